The van der Waals surface area contributed by atoms with Crippen molar-refractivity contribution in [2.45, 2.75) is 8.65 Å². The third kappa shape index (κ3) is 0.337. The summed E-state index contributed by atoms with van der Waals surface area (Å²) in [5, 5.41) is 0. The number of carbonyl (C=O) groups excluding carboxylic acids is 2. The minimum Gasteiger partial charge on any atom is -0.298 e. The maximum Gasteiger partial charge on any atom is 0.154 e. The average molecular weight is 318 g/mol. The molecule has 8 atom stereocenters. The normalized spacial score (nSPS) is 79.6. The van der Waals surface area contributed by atoms with Crippen LogP contribution in [-0.2, 0) is 9.59 Å². The molecule has 4 bridgehead atoms. The fraction of sp³-hybridized carbons (Fsp3) is 0.800. The summed E-state index contributed by atoms with van der Waals surface area (Å²) in [6.07, 6.45) is 0. The molecule has 6 fully saturated rings. The van der Waals surface area contributed by atoms with Crippen LogP contribution in [0.1, 0.15) is 0 Å². The number of hydrogen-bond acceptors (Lipinski definition) is 2. The molecule has 0 aliphatic heterocycles. The van der Waals surface area contributed by atoms with Crippen molar-refractivity contribution in [3.63, 3.8) is 0 Å². The molecule has 6 aliphatic carbocycles. The maximum absolute atomic E-state index is 12.1. The number of ketones is 2. The maximum atomic E-state index is 12.1. The molecule has 6 rings (SSSR count). The minimum absolute atomic E-state index is 0.0706. The van der Waals surface area contributed by atoms with Crippen molar-refractivity contribution < 1.29 is 9.59 Å². The first-order chi connectivity index (χ1) is 6.55. The zero-order chi connectivity index (χ0) is 9.62. The summed E-state index contributed by atoms with van der Waals surface area (Å²) in [6.45, 7) is 0. The number of Topliss-reactive ketones (excluding diaryl/α,β-unsaturated/α-hetero) is 2. The number of hydrogen-bond donors (Lipinski definition) is 0. The van der Waals surface area contributed by atoms with Gasteiger partial charge in [0, 0.05) is 11.8 Å². The highest BCUT2D eigenvalue weighted by atomic mass is 79.9. The van der Waals surface area contributed by atoms with Gasteiger partial charge in [-0.1, -0.05) is 31.9 Å². The molecule has 0 amide bonds. The van der Waals surface area contributed by atoms with Crippen LogP contribution in [0.3, 0.4) is 0 Å². The van der Waals surface area contributed by atoms with E-state index in [1.165, 1.54) is 0 Å². The monoisotopic (exact) mass is 316 g/mol. The second kappa shape index (κ2) is 1.53. The van der Waals surface area contributed by atoms with Gasteiger partial charge in [0.25, 0.3) is 0 Å². The Morgan fingerprint density at radius 1 is 0.786 bits per heavy atom. The van der Waals surface area contributed by atoms with Gasteiger partial charge in [0.05, 0.1) is 8.65 Å². The first-order valence-electron chi connectivity index (χ1n) is 5.02. The third-order valence-electron chi connectivity index (χ3n) is 5.62. The van der Waals surface area contributed by atoms with Crippen LogP contribution in [0.5, 0.6) is 0 Å². The van der Waals surface area contributed by atoms with E-state index in [9.17, 15) is 9.59 Å². The largest absolute Gasteiger partial charge is 0.298 e. The predicted molar refractivity (Wildman–Crippen MR) is 54.3 cm³/mol. The van der Waals surface area contributed by atoms with Gasteiger partial charge in [-0.3, -0.25) is 9.59 Å². The molecule has 0 unspecified atom stereocenters. The van der Waals surface area contributed by atoms with Crippen molar-refractivity contribution in [3.8, 4) is 0 Å². The summed E-state index contributed by atoms with van der Waals surface area (Å²) in [7, 11) is 0. The van der Waals surface area contributed by atoms with Gasteiger partial charge in [0.15, 0.2) is 11.6 Å². The molecule has 0 aromatic rings. The van der Waals surface area contributed by atoms with Gasteiger partial charge in [-0.05, 0) is 23.7 Å². The van der Waals surface area contributed by atoms with E-state index in [-0.39, 0.29) is 20.5 Å². The van der Waals surface area contributed by atoms with E-state index in [1.54, 1.807) is 0 Å². The molecule has 0 aromatic heterocycles. The molecular formula is C10H6Br2O2. The van der Waals surface area contributed by atoms with Crippen LogP contribution in [0.15, 0.2) is 0 Å². The Hall–Kier alpha value is 0.300. The number of rotatable bonds is 0. The summed E-state index contributed by atoms with van der Waals surface area (Å²) >= 11 is 7.27. The van der Waals surface area contributed by atoms with Gasteiger partial charge < -0.3 is 0 Å². The van der Waals surface area contributed by atoms with E-state index in [0.29, 0.717) is 35.2 Å². The van der Waals surface area contributed by atoms with Crippen LogP contribution in [0.4, 0.5) is 0 Å². The lowest BCUT2D eigenvalue weighted by molar-refractivity contribution is -0.139. The van der Waals surface area contributed by atoms with E-state index in [1.807, 2.05) is 0 Å². The molecular weight excluding hydrogens is 312 g/mol. The number of halogens is 2. The minimum atomic E-state index is -0.263. The Labute approximate surface area is 97.1 Å². The predicted octanol–water partition coefficient (Wildman–Crippen LogP) is 1.16. The van der Waals surface area contributed by atoms with Crippen molar-refractivity contribution >= 4 is 43.4 Å². The molecule has 0 radical (unpaired) electrons. The SMILES string of the molecule is O=C1[C@@H]2[C@@H]3C(=O)[C@]4(Br)[C@H]5[C@H]([C@H]24)[C@]1(Br)[C@@H]35. The molecule has 0 heterocycles. The van der Waals surface area contributed by atoms with E-state index in [2.05, 4.69) is 31.9 Å². The molecule has 4 heteroatoms. The molecule has 0 spiro atoms. The smallest absolute Gasteiger partial charge is 0.154 e. The lowest BCUT2D eigenvalue weighted by atomic mass is 9.41. The van der Waals surface area contributed by atoms with Crippen LogP contribution < -0.4 is 0 Å². The summed E-state index contributed by atoms with van der Waals surface area (Å²) in [5.41, 5.74) is 0. The zero-order valence-corrected chi connectivity index (χ0v) is 10.2. The first kappa shape index (κ1) is 7.55. The second-order valence-electron chi connectivity index (χ2n) is 5.42. The van der Waals surface area contributed by atoms with Crippen molar-refractivity contribution in [1.82, 2.24) is 0 Å². The highest BCUT2D eigenvalue weighted by Gasteiger charge is 3.00. The molecule has 0 aromatic carbocycles. The van der Waals surface area contributed by atoms with E-state index < -0.39 is 0 Å². The topological polar surface area (TPSA) is 34.1 Å². The second-order valence-corrected chi connectivity index (χ2v) is 8.04. The van der Waals surface area contributed by atoms with E-state index >= 15 is 0 Å². The molecule has 2 nitrogen and oxygen atoms in total. The van der Waals surface area contributed by atoms with Crippen LogP contribution in [0, 0.1) is 35.5 Å². The Morgan fingerprint density at radius 2 is 1.14 bits per heavy atom. The van der Waals surface area contributed by atoms with Crippen molar-refractivity contribution in [2.75, 3.05) is 0 Å². The molecule has 6 aliphatic rings. The Balaban J connectivity index is 1.93. The lowest BCUT2D eigenvalue weighted by Gasteiger charge is -2.68. The fourth-order valence-corrected chi connectivity index (χ4v) is 8.27. The Bertz CT molecular complexity index is 419. The Kier molecular flexibility index (Phi) is 0.824. The Morgan fingerprint density at radius 3 is 1.43 bits per heavy atom. The summed E-state index contributed by atoms with van der Waals surface area (Å²) in [4.78, 5) is 24.1. The summed E-state index contributed by atoms with van der Waals surface area (Å²) in [6, 6.07) is 0. The number of alkyl halides is 2. The lowest BCUT2D eigenvalue weighted by Crippen LogP contribution is -2.74. The average Bonchev–Trinajstić information content (AvgIpc) is 2.54. The zero-order valence-electron chi connectivity index (χ0n) is 7.04. The van der Waals surface area contributed by atoms with Crippen LogP contribution in [-0.4, -0.2) is 20.2 Å². The fourth-order valence-electron chi connectivity index (χ4n) is 5.46. The van der Waals surface area contributed by atoms with Crippen LogP contribution in [0.25, 0.3) is 0 Å². The molecule has 72 valence electrons. The molecule has 0 N–H and O–H groups in total. The van der Waals surface area contributed by atoms with Gasteiger partial charge in [0.2, 0.25) is 0 Å². The van der Waals surface area contributed by atoms with E-state index in [0.717, 1.165) is 0 Å². The summed E-state index contributed by atoms with van der Waals surface area (Å²) in [5.74, 6) is 2.45. The molecule has 14 heavy (non-hydrogen) atoms. The van der Waals surface area contributed by atoms with Gasteiger partial charge in [-0.2, -0.15) is 0 Å². The van der Waals surface area contributed by atoms with Gasteiger partial charge in [-0.15, -0.1) is 0 Å². The first-order valence-corrected chi connectivity index (χ1v) is 6.60. The molecule has 0 saturated heterocycles. The van der Waals surface area contributed by atoms with Gasteiger partial charge >= 0.3 is 0 Å². The highest BCUT2D eigenvalue weighted by molar-refractivity contribution is 9.10. The quantitative estimate of drug-likeness (QED) is 0.628. The highest BCUT2D eigenvalue weighted by Crippen LogP contribution is 2.92. The third-order valence-corrected chi connectivity index (χ3v) is 8.52. The standard InChI is InChI=1S/C10H6Br2O2/c11-9-3-1-2(8(9)14)4-6(9)5(3)10(4,12)7(1)13/h1-6H/t1-,2+,3-,4-,5+,6-,9+,10+/m0/s1. The van der Waals surface area contributed by atoms with E-state index in [4.69, 9.17) is 0 Å². The number of carbonyl (C=O) groups is 2. The van der Waals surface area contributed by atoms with Gasteiger partial charge in [0.1, 0.15) is 0 Å². The van der Waals surface area contributed by atoms with Crippen LogP contribution in [0.2, 0.25) is 0 Å². The summed E-state index contributed by atoms with van der Waals surface area (Å²) < 4.78 is -0.526. The van der Waals surface area contributed by atoms with Crippen molar-refractivity contribution in [3.05, 3.63) is 0 Å². The van der Waals surface area contributed by atoms with Crippen molar-refractivity contribution in [1.29, 1.82) is 0 Å². The molecule has 6 saturated carbocycles. The van der Waals surface area contributed by atoms with Crippen LogP contribution >= 0.6 is 31.9 Å². The van der Waals surface area contributed by atoms with Crippen molar-refractivity contribution in [2.24, 2.45) is 35.5 Å². The van der Waals surface area contributed by atoms with Gasteiger partial charge in [-0.25, -0.2) is 0 Å².